The fourth-order valence-corrected chi connectivity index (χ4v) is 1.99. The number of nitrogens with one attached hydrogen (secondary N) is 1. The third-order valence-electron chi connectivity index (χ3n) is 3.17. The van der Waals surface area contributed by atoms with Gasteiger partial charge in [0.25, 0.3) is 5.91 Å². The first-order valence-corrected chi connectivity index (χ1v) is 7.12. The molecule has 0 aromatic carbocycles. The van der Waals surface area contributed by atoms with Crippen molar-refractivity contribution in [3.05, 3.63) is 17.5 Å². The first-order chi connectivity index (χ1) is 10.0. The third kappa shape index (κ3) is 4.86. The van der Waals surface area contributed by atoms with Gasteiger partial charge in [0.1, 0.15) is 11.7 Å². The molecule has 7 nitrogen and oxygen atoms in total. The quantitative estimate of drug-likeness (QED) is 0.665. The number of carbonyl (C=O) groups excluding carboxylic acids is 1. The minimum absolute atomic E-state index is 0.329. The lowest BCUT2D eigenvalue weighted by molar-refractivity contribution is -0.139. The smallest absolute Gasteiger partial charge is 0.326 e. The normalized spacial score (nSPS) is 12.1. The molecular formula is C14H23N3O4. The summed E-state index contributed by atoms with van der Waals surface area (Å²) < 4.78 is 6.48. The average Bonchev–Trinajstić information content (AvgIpc) is 2.89. The van der Waals surface area contributed by atoms with Crippen LogP contribution in [0.5, 0.6) is 0 Å². The Morgan fingerprint density at radius 3 is 2.71 bits per heavy atom. The maximum absolute atomic E-state index is 12.2. The lowest BCUT2D eigenvalue weighted by atomic mass is 10.1. The van der Waals surface area contributed by atoms with Crippen LogP contribution in [0.1, 0.15) is 42.9 Å². The highest BCUT2D eigenvalue weighted by atomic mass is 16.5. The summed E-state index contributed by atoms with van der Waals surface area (Å²) in [6.45, 7) is 4.86. The van der Waals surface area contributed by atoms with E-state index in [0.717, 1.165) is 12.1 Å². The Morgan fingerprint density at radius 1 is 1.48 bits per heavy atom. The highest BCUT2D eigenvalue weighted by Gasteiger charge is 2.22. The molecule has 0 spiro atoms. The zero-order chi connectivity index (χ0) is 15.8. The molecule has 0 aliphatic rings. The number of carbonyl (C=O) groups is 2. The fourth-order valence-electron chi connectivity index (χ4n) is 1.99. The number of methoxy groups -OCH3 is 1. The van der Waals surface area contributed by atoms with Gasteiger partial charge >= 0.3 is 5.97 Å². The van der Waals surface area contributed by atoms with E-state index in [-0.39, 0.29) is 0 Å². The number of hydrogen-bond donors (Lipinski definition) is 2. The van der Waals surface area contributed by atoms with Gasteiger partial charge in [0.2, 0.25) is 0 Å². The number of aryl methyl sites for hydroxylation is 2. The van der Waals surface area contributed by atoms with Crippen LogP contribution in [0.4, 0.5) is 0 Å². The third-order valence-corrected chi connectivity index (χ3v) is 3.17. The molecule has 118 valence electrons. The monoisotopic (exact) mass is 297 g/mol. The predicted molar refractivity (Wildman–Crippen MR) is 77.3 cm³/mol. The molecule has 1 aromatic rings. The molecule has 0 fully saturated rings. The molecule has 21 heavy (non-hydrogen) atoms. The van der Waals surface area contributed by atoms with Crippen molar-refractivity contribution in [1.29, 1.82) is 0 Å². The second-order valence-corrected chi connectivity index (χ2v) is 4.69. The lowest BCUT2D eigenvalue weighted by Gasteiger charge is -2.14. The van der Waals surface area contributed by atoms with Gasteiger partial charge in [-0.15, -0.1) is 0 Å². The van der Waals surface area contributed by atoms with Crippen molar-refractivity contribution < 1.29 is 19.4 Å². The SMILES string of the molecule is CCc1cc(C(=O)NC(CCCOC)C(=O)O)n(CC)n1. The van der Waals surface area contributed by atoms with E-state index in [9.17, 15) is 9.59 Å². The topological polar surface area (TPSA) is 93.5 Å². The molecule has 0 bridgehead atoms. The van der Waals surface area contributed by atoms with Crippen LogP contribution in [0.2, 0.25) is 0 Å². The zero-order valence-corrected chi connectivity index (χ0v) is 12.8. The van der Waals surface area contributed by atoms with Gasteiger partial charge in [0, 0.05) is 20.3 Å². The van der Waals surface area contributed by atoms with Crippen molar-refractivity contribution >= 4 is 11.9 Å². The van der Waals surface area contributed by atoms with Gasteiger partial charge in [-0.2, -0.15) is 5.10 Å². The Labute approximate surface area is 124 Å². The summed E-state index contributed by atoms with van der Waals surface area (Å²) in [4.78, 5) is 23.4. The van der Waals surface area contributed by atoms with Gasteiger partial charge in [-0.05, 0) is 32.3 Å². The van der Waals surface area contributed by atoms with Crippen molar-refractivity contribution in [2.45, 2.75) is 45.7 Å². The van der Waals surface area contributed by atoms with Crippen LogP contribution in [0.15, 0.2) is 6.07 Å². The van der Waals surface area contributed by atoms with E-state index in [4.69, 9.17) is 9.84 Å². The van der Waals surface area contributed by atoms with Gasteiger partial charge in [-0.25, -0.2) is 4.79 Å². The van der Waals surface area contributed by atoms with Crippen LogP contribution in [-0.4, -0.2) is 46.5 Å². The molecular weight excluding hydrogens is 274 g/mol. The van der Waals surface area contributed by atoms with Crippen LogP contribution in [0.3, 0.4) is 0 Å². The molecule has 7 heteroatoms. The molecule has 1 atom stereocenters. The Balaban J connectivity index is 2.76. The molecule has 1 heterocycles. The van der Waals surface area contributed by atoms with Crippen LogP contribution in [0.25, 0.3) is 0 Å². The summed E-state index contributed by atoms with van der Waals surface area (Å²) in [6.07, 6.45) is 1.63. The van der Waals surface area contributed by atoms with Crippen LogP contribution >= 0.6 is 0 Å². The highest BCUT2D eigenvalue weighted by molar-refractivity contribution is 5.95. The summed E-state index contributed by atoms with van der Waals surface area (Å²) in [5, 5.41) is 16.0. The molecule has 1 aromatic heterocycles. The zero-order valence-electron chi connectivity index (χ0n) is 12.8. The van der Waals surface area contributed by atoms with Crippen molar-refractivity contribution in [2.75, 3.05) is 13.7 Å². The highest BCUT2D eigenvalue weighted by Crippen LogP contribution is 2.07. The van der Waals surface area contributed by atoms with Crippen molar-refractivity contribution in [1.82, 2.24) is 15.1 Å². The number of ether oxygens (including phenoxy) is 1. The fraction of sp³-hybridized carbons (Fsp3) is 0.643. The van der Waals surface area contributed by atoms with Crippen molar-refractivity contribution in [3.8, 4) is 0 Å². The maximum Gasteiger partial charge on any atom is 0.326 e. The van der Waals surface area contributed by atoms with E-state index in [1.54, 1.807) is 17.9 Å². The molecule has 0 saturated carbocycles. The van der Waals surface area contributed by atoms with Gasteiger partial charge < -0.3 is 15.2 Å². The van der Waals surface area contributed by atoms with Crippen LogP contribution < -0.4 is 5.32 Å². The minimum Gasteiger partial charge on any atom is -0.480 e. The number of carboxylic acid groups (broad SMARTS) is 1. The standard InChI is InChI=1S/C14H23N3O4/c1-4-10-9-12(17(5-2)16-10)13(18)15-11(14(19)20)7-6-8-21-3/h9,11H,4-8H2,1-3H3,(H,15,18)(H,19,20). The van der Waals surface area contributed by atoms with E-state index < -0.39 is 17.9 Å². The minimum atomic E-state index is -1.04. The molecule has 1 unspecified atom stereocenters. The molecule has 0 aliphatic carbocycles. The Bertz CT molecular complexity index is 485. The Morgan fingerprint density at radius 2 is 2.19 bits per heavy atom. The number of rotatable bonds is 9. The second kappa shape index (κ2) is 8.41. The number of hydrogen-bond acceptors (Lipinski definition) is 4. The van der Waals surface area contributed by atoms with Gasteiger partial charge in [0.15, 0.2) is 0 Å². The van der Waals surface area contributed by atoms with Gasteiger partial charge in [-0.1, -0.05) is 6.92 Å². The number of aromatic nitrogens is 2. The first-order valence-electron chi connectivity index (χ1n) is 7.12. The summed E-state index contributed by atoms with van der Waals surface area (Å²) in [5.74, 6) is -1.45. The second-order valence-electron chi connectivity index (χ2n) is 4.69. The summed E-state index contributed by atoms with van der Waals surface area (Å²) in [7, 11) is 1.56. The Hall–Kier alpha value is -1.89. The number of nitrogens with zero attached hydrogens (tertiary/aromatic N) is 2. The Kier molecular flexibility index (Phi) is 6.87. The summed E-state index contributed by atoms with van der Waals surface area (Å²) in [5.41, 5.74) is 1.21. The molecule has 1 rings (SSSR count). The average molecular weight is 297 g/mol. The molecule has 0 aliphatic heterocycles. The van der Waals surface area contributed by atoms with Crippen molar-refractivity contribution in [3.63, 3.8) is 0 Å². The van der Waals surface area contributed by atoms with E-state index in [1.165, 1.54) is 0 Å². The van der Waals surface area contributed by atoms with E-state index >= 15 is 0 Å². The van der Waals surface area contributed by atoms with Crippen LogP contribution in [-0.2, 0) is 22.5 Å². The maximum atomic E-state index is 12.2. The predicted octanol–water partition coefficient (Wildman–Crippen LogP) is 1.07. The first kappa shape index (κ1) is 17.2. The molecule has 1 amide bonds. The van der Waals surface area contributed by atoms with E-state index in [1.807, 2.05) is 13.8 Å². The van der Waals surface area contributed by atoms with Crippen LogP contribution in [0, 0.1) is 0 Å². The van der Waals surface area contributed by atoms with E-state index in [2.05, 4.69) is 10.4 Å². The lowest BCUT2D eigenvalue weighted by Crippen LogP contribution is -2.41. The van der Waals surface area contributed by atoms with E-state index in [0.29, 0.717) is 31.7 Å². The molecule has 2 N–H and O–H groups in total. The largest absolute Gasteiger partial charge is 0.480 e. The summed E-state index contributed by atoms with van der Waals surface area (Å²) in [6, 6.07) is 0.783. The summed E-state index contributed by atoms with van der Waals surface area (Å²) >= 11 is 0. The van der Waals surface area contributed by atoms with Gasteiger partial charge in [0.05, 0.1) is 5.69 Å². The number of aliphatic carboxylic acids is 1. The number of amides is 1. The number of carboxylic acids is 1. The molecule has 0 saturated heterocycles. The molecule has 0 radical (unpaired) electrons. The van der Waals surface area contributed by atoms with Crippen molar-refractivity contribution in [2.24, 2.45) is 0 Å². The van der Waals surface area contributed by atoms with Gasteiger partial charge in [-0.3, -0.25) is 9.48 Å².